The topological polar surface area (TPSA) is 61.8 Å². The molecule has 0 atom stereocenters. The predicted octanol–water partition coefficient (Wildman–Crippen LogP) is 2.90. The van der Waals surface area contributed by atoms with Gasteiger partial charge in [-0.3, -0.25) is 0 Å². The van der Waals surface area contributed by atoms with Gasteiger partial charge in [-0.15, -0.1) is 0 Å². The van der Waals surface area contributed by atoms with Crippen LogP contribution in [-0.4, -0.2) is 38.6 Å². The molecular weight excluding hydrogens is 380 g/mol. The Kier molecular flexibility index (Phi) is 5.78. The first-order chi connectivity index (χ1) is 12.9. The van der Waals surface area contributed by atoms with Crippen molar-refractivity contribution in [3.05, 3.63) is 72.3 Å². The predicted molar refractivity (Wildman–Crippen MR) is 108 cm³/mol. The average molecular weight is 403 g/mol. The molecule has 0 aliphatic heterocycles. The fourth-order valence-corrected chi connectivity index (χ4v) is 6.23. The first-order valence-electron chi connectivity index (χ1n) is 8.40. The Bertz CT molecular complexity index is 1020. The van der Waals surface area contributed by atoms with Gasteiger partial charge in [0.25, 0.3) is 0 Å². The van der Waals surface area contributed by atoms with Gasteiger partial charge in [0.2, 0.25) is 0 Å². The molecule has 0 aromatic heterocycles. The van der Waals surface area contributed by atoms with Gasteiger partial charge in [0.1, 0.15) is 0 Å². The van der Waals surface area contributed by atoms with E-state index in [9.17, 15) is 8.42 Å². The van der Waals surface area contributed by atoms with Crippen LogP contribution in [0.1, 0.15) is 5.56 Å². The molecule has 0 saturated heterocycles. The number of rotatable bonds is 7. The molecular formula is C20H22O5SSi. The van der Waals surface area contributed by atoms with Gasteiger partial charge in [0, 0.05) is 26.5 Å². The molecule has 0 bridgehead atoms. The van der Waals surface area contributed by atoms with Gasteiger partial charge in [-0.05, 0) is 28.5 Å². The minimum atomic E-state index is -3.45. The van der Waals surface area contributed by atoms with Crippen LogP contribution in [0.4, 0.5) is 0 Å². The maximum absolute atomic E-state index is 12.8. The Morgan fingerprint density at radius 1 is 0.778 bits per heavy atom. The summed E-state index contributed by atoms with van der Waals surface area (Å²) in [6.45, 7) is 0. The van der Waals surface area contributed by atoms with E-state index in [1.165, 1.54) is 21.3 Å². The molecule has 0 N–H and O–H groups in total. The molecule has 0 heterocycles. The fourth-order valence-electron chi connectivity index (χ4n) is 3.07. The summed E-state index contributed by atoms with van der Waals surface area (Å²) in [4.78, 5) is 0.319. The quantitative estimate of drug-likeness (QED) is 0.569. The molecule has 7 heteroatoms. The Morgan fingerprint density at radius 3 is 1.96 bits per heavy atom. The lowest BCUT2D eigenvalue weighted by Crippen LogP contribution is -2.54. The van der Waals surface area contributed by atoms with Gasteiger partial charge in [-0.1, -0.05) is 54.6 Å². The highest BCUT2D eigenvalue weighted by molar-refractivity contribution is 7.90. The molecule has 5 nitrogen and oxygen atoms in total. The van der Waals surface area contributed by atoms with E-state index in [4.69, 9.17) is 13.3 Å². The first kappa shape index (κ1) is 19.7. The molecule has 0 aliphatic carbocycles. The molecule has 0 radical (unpaired) electrons. The van der Waals surface area contributed by atoms with Crippen molar-refractivity contribution < 1.29 is 21.7 Å². The molecule has 3 aromatic rings. The van der Waals surface area contributed by atoms with Gasteiger partial charge < -0.3 is 13.3 Å². The zero-order chi connectivity index (χ0) is 19.5. The van der Waals surface area contributed by atoms with E-state index < -0.39 is 18.6 Å². The van der Waals surface area contributed by atoms with Crippen molar-refractivity contribution in [2.24, 2.45) is 0 Å². The smallest absolute Gasteiger partial charge is 0.373 e. The molecule has 3 rings (SSSR count). The van der Waals surface area contributed by atoms with E-state index in [2.05, 4.69) is 0 Å². The van der Waals surface area contributed by atoms with Gasteiger partial charge in [0.15, 0.2) is 9.84 Å². The van der Waals surface area contributed by atoms with E-state index in [0.29, 0.717) is 10.5 Å². The number of hydrogen-bond donors (Lipinski definition) is 0. The lowest BCUT2D eigenvalue weighted by Gasteiger charge is -2.24. The molecule has 27 heavy (non-hydrogen) atoms. The minimum Gasteiger partial charge on any atom is -0.373 e. The SMILES string of the molecule is CO[Si](OC)(OC)c1ccc(CS(=O)(=O)c2ccc3ccccc3c2)cc1. The van der Waals surface area contributed by atoms with Crippen LogP contribution >= 0.6 is 0 Å². The maximum Gasteiger partial charge on any atom is 0.536 e. The molecule has 0 amide bonds. The first-order valence-corrected chi connectivity index (χ1v) is 11.8. The maximum atomic E-state index is 12.8. The Hall–Kier alpha value is -2.03. The minimum absolute atomic E-state index is 0.0763. The van der Waals surface area contributed by atoms with Crippen molar-refractivity contribution >= 4 is 34.6 Å². The van der Waals surface area contributed by atoms with Gasteiger partial charge in [-0.2, -0.15) is 0 Å². The van der Waals surface area contributed by atoms with Crippen LogP contribution in [0, 0.1) is 0 Å². The van der Waals surface area contributed by atoms with Gasteiger partial charge in [0.05, 0.1) is 10.6 Å². The molecule has 0 spiro atoms. The van der Waals surface area contributed by atoms with Gasteiger partial charge >= 0.3 is 8.80 Å². The zero-order valence-electron chi connectivity index (χ0n) is 15.5. The monoisotopic (exact) mass is 402 g/mol. The normalized spacial score (nSPS) is 12.4. The van der Waals surface area contributed by atoms with Crippen molar-refractivity contribution in [1.82, 2.24) is 0 Å². The van der Waals surface area contributed by atoms with Crippen LogP contribution in [0.3, 0.4) is 0 Å². The summed E-state index contributed by atoms with van der Waals surface area (Å²) in [6.07, 6.45) is 0. The second-order valence-electron chi connectivity index (χ2n) is 6.13. The van der Waals surface area contributed by atoms with Crippen LogP contribution < -0.4 is 5.19 Å². The van der Waals surface area contributed by atoms with E-state index in [0.717, 1.165) is 16.0 Å². The second-order valence-corrected chi connectivity index (χ2v) is 11.0. The number of hydrogen-bond acceptors (Lipinski definition) is 5. The van der Waals surface area contributed by atoms with E-state index in [1.54, 1.807) is 36.4 Å². The van der Waals surface area contributed by atoms with Crippen molar-refractivity contribution in [3.8, 4) is 0 Å². The third-order valence-electron chi connectivity index (χ3n) is 4.55. The van der Waals surface area contributed by atoms with E-state index in [-0.39, 0.29) is 5.75 Å². The summed E-state index contributed by atoms with van der Waals surface area (Å²) in [5.41, 5.74) is 0.693. The van der Waals surface area contributed by atoms with Crippen molar-refractivity contribution in [3.63, 3.8) is 0 Å². The number of fused-ring (bicyclic) bond motifs is 1. The second kappa shape index (κ2) is 7.91. The number of benzene rings is 3. The standard InChI is InChI=1S/C20H22O5SSi/c1-23-27(24-2,25-3)20-12-8-16(9-13-20)15-26(21,22)19-11-10-17-6-4-5-7-18(17)14-19/h4-14H,15H2,1-3H3. The largest absolute Gasteiger partial charge is 0.536 e. The zero-order valence-corrected chi connectivity index (χ0v) is 17.3. The average Bonchev–Trinajstić information content (AvgIpc) is 2.70. The fraction of sp³-hybridized carbons (Fsp3) is 0.200. The number of sulfone groups is 1. The van der Waals surface area contributed by atoms with Crippen molar-refractivity contribution in [1.29, 1.82) is 0 Å². The Labute approximate surface area is 160 Å². The summed E-state index contributed by atoms with van der Waals surface area (Å²) in [5.74, 6) is -0.0763. The highest BCUT2D eigenvalue weighted by Crippen LogP contribution is 2.22. The highest BCUT2D eigenvalue weighted by atomic mass is 32.2. The summed E-state index contributed by atoms with van der Waals surface area (Å²) >= 11 is 0. The molecule has 0 unspecified atom stereocenters. The molecule has 0 aliphatic rings. The van der Waals surface area contributed by atoms with Crippen LogP contribution in [0.5, 0.6) is 0 Å². The Morgan fingerprint density at radius 2 is 1.37 bits per heavy atom. The third-order valence-corrected chi connectivity index (χ3v) is 8.89. The van der Waals surface area contributed by atoms with Gasteiger partial charge in [-0.25, -0.2) is 8.42 Å². The van der Waals surface area contributed by atoms with Crippen LogP contribution in [0.25, 0.3) is 10.8 Å². The molecule has 0 saturated carbocycles. The summed E-state index contributed by atoms with van der Waals surface area (Å²) in [6, 6.07) is 20.1. The van der Waals surface area contributed by atoms with Crippen molar-refractivity contribution in [2.75, 3.05) is 21.3 Å². The van der Waals surface area contributed by atoms with Crippen LogP contribution in [0.2, 0.25) is 0 Å². The summed E-state index contributed by atoms with van der Waals surface area (Å²) in [5, 5.41) is 2.70. The van der Waals surface area contributed by atoms with Crippen LogP contribution in [-0.2, 0) is 28.9 Å². The molecule has 0 fully saturated rings. The third kappa shape index (κ3) is 3.97. The summed E-state index contributed by atoms with van der Waals surface area (Å²) in [7, 11) is -1.75. The molecule has 142 valence electrons. The van der Waals surface area contributed by atoms with Crippen molar-refractivity contribution in [2.45, 2.75) is 10.6 Å². The van der Waals surface area contributed by atoms with E-state index >= 15 is 0 Å². The van der Waals surface area contributed by atoms with E-state index in [1.807, 2.05) is 30.3 Å². The lowest BCUT2D eigenvalue weighted by atomic mass is 10.1. The van der Waals surface area contributed by atoms with Crippen LogP contribution in [0.15, 0.2) is 71.6 Å². The highest BCUT2D eigenvalue weighted by Gasteiger charge is 2.40. The molecule has 3 aromatic carbocycles. The Balaban J connectivity index is 1.87. The lowest BCUT2D eigenvalue weighted by molar-refractivity contribution is 0.140. The summed E-state index contributed by atoms with van der Waals surface area (Å²) < 4.78 is 42.0.